The Bertz CT molecular complexity index is 411. The molecule has 1 aliphatic rings. The summed E-state index contributed by atoms with van der Waals surface area (Å²) in [5.74, 6) is 0. The van der Waals surface area contributed by atoms with Crippen LogP contribution in [0, 0.1) is 0 Å². The number of carbonyl (C=O) groups excluding carboxylic acids is 1. The van der Waals surface area contributed by atoms with Gasteiger partial charge in [0.25, 0.3) is 0 Å². The van der Waals surface area contributed by atoms with Crippen molar-refractivity contribution in [2.24, 2.45) is 0 Å². The molecule has 1 unspecified atom stereocenters. The van der Waals surface area contributed by atoms with Gasteiger partial charge in [-0.3, -0.25) is 0 Å². The Labute approximate surface area is 119 Å². The summed E-state index contributed by atoms with van der Waals surface area (Å²) >= 11 is 1.69. The van der Waals surface area contributed by atoms with E-state index >= 15 is 0 Å². The zero-order chi connectivity index (χ0) is 13.7. The van der Waals surface area contributed by atoms with Crippen LogP contribution in [0.4, 0.5) is 4.79 Å². The van der Waals surface area contributed by atoms with E-state index in [1.165, 1.54) is 17.7 Å². The lowest BCUT2D eigenvalue weighted by Crippen LogP contribution is -2.41. The second-order valence-electron chi connectivity index (χ2n) is 5.09. The first-order chi connectivity index (χ1) is 9.20. The normalized spacial score (nSPS) is 17.9. The molecule has 2 heterocycles. The van der Waals surface area contributed by atoms with Crippen LogP contribution >= 0.6 is 11.3 Å². The Morgan fingerprint density at radius 3 is 2.68 bits per heavy atom. The van der Waals surface area contributed by atoms with Crippen LogP contribution in [0.15, 0.2) is 6.20 Å². The fourth-order valence-corrected chi connectivity index (χ4v) is 3.16. The fourth-order valence-electron chi connectivity index (χ4n) is 2.30. The van der Waals surface area contributed by atoms with E-state index < -0.39 is 0 Å². The minimum Gasteiger partial charge on any atom is -0.329 e. The molecule has 1 atom stereocenters. The van der Waals surface area contributed by atoms with Crippen LogP contribution in [0.2, 0.25) is 0 Å². The molecule has 19 heavy (non-hydrogen) atoms. The van der Waals surface area contributed by atoms with Crippen molar-refractivity contribution in [2.45, 2.75) is 52.0 Å². The lowest BCUT2D eigenvalue weighted by Gasteiger charge is -2.22. The molecular weight excluding hydrogens is 258 g/mol. The maximum Gasteiger partial charge on any atom is 0.317 e. The van der Waals surface area contributed by atoms with Gasteiger partial charge in [-0.15, -0.1) is 11.3 Å². The van der Waals surface area contributed by atoms with E-state index in [0.29, 0.717) is 0 Å². The average molecular weight is 281 g/mol. The molecule has 106 valence electrons. The summed E-state index contributed by atoms with van der Waals surface area (Å²) in [5.41, 5.74) is 0. The van der Waals surface area contributed by atoms with Crippen molar-refractivity contribution in [2.75, 3.05) is 13.1 Å². The van der Waals surface area contributed by atoms with E-state index in [-0.39, 0.29) is 12.1 Å². The average Bonchev–Trinajstić information content (AvgIpc) is 2.73. The van der Waals surface area contributed by atoms with Gasteiger partial charge in [-0.05, 0) is 26.2 Å². The zero-order valence-electron chi connectivity index (χ0n) is 11.8. The summed E-state index contributed by atoms with van der Waals surface area (Å²) in [5, 5.41) is 4.07. The molecule has 5 heteroatoms. The number of urea groups is 1. The highest BCUT2D eigenvalue weighted by atomic mass is 32.1. The third kappa shape index (κ3) is 3.93. The van der Waals surface area contributed by atoms with Crippen molar-refractivity contribution < 1.29 is 4.79 Å². The molecule has 1 aromatic rings. The summed E-state index contributed by atoms with van der Waals surface area (Å²) in [4.78, 5) is 19.8. The van der Waals surface area contributed by atoms with Gasteiger partial charge in [-0.25, -0.2) is 9.78 Å². The lowest BCUT2D eigenvalue weighted by atomic mass is 10.2. The Morgan fingerprint density at radius 2 is 2.11 bits per heavy atom. The van der Waals surface area contributed by atoms with Crippen LogP contribution in [0.25, 0.3) is 0 Å². The Balaban J connectivity index is 1.90. The van der Waals surface area contributed by atoms with Crippen LogP contribution in [-0.4, -0.2) is 29.0 Å². The van der Waals surface area contributed by atoms with Gasteiger partial charge in [0.2, 0.25) is 0 Å². The molecule has 2 rings (SSSR count). The summed E-state index contributed by atoms with van der Waals surface area (Å²) in [7, 11) is 0. The summed E-state index contributed by atoms with van der Waals surface area (Å²) in [6, 6.07) is 0.0590. The second kappa shape index (κ2) is 6.89. The third-order valence-electron chi connectivity index (χ3n) is 3.52. The fraction of sp³-hybridized carbons (Fsp3) is 0.714. The van der Waals surface area contributed by atoms with Gasteiger partial charge in [0.05, 0.1) is 6.04 Å². The van der Waals surface area contributed by atoms with Crippen molar-refractivity contribution >= 4 is 17.4 Å². The van der Waals surface area contributed by atoms with Crippen molar-refractivity contribution in [3.8, 4) is 0 Å². The van der Waals surface area contributed by atoms with E-state index in [1.54, 1.807) is 11.3 Å². The molecule has 1 N–H and O–H groups in total. The minimum atomic E-state index is 0.000975. The Kier molecular flexibility index (Phi) is 5.19. The molecule has 1 saturated heterocycles. The Morgan fingerprint density at radius 1 is 1.42 bits per heavy atom. The number of hydrogen-bond donors (Lipinski definition) is 1. The van der Waals surface area contributed by atoms with Gasteiger partial charge < -0.3 is 10.2 Å². The van der Waals surface area contributed by atoms with E-state index in [9.17, 15) is 4.79 Å². The molecule has 0 saturated carbocycles. The first-order valence-electron chi connectivity index (χ1n) is 7.20. The van der Waals surface area contributed by atoms with Crippen LogP contribution in [0.1, 0.15) is 55.5 Å². The molecular formula is C14H23N3OS. The number of nitrogens with one attached hydrogen (secondary N) is 1. The molecule has 1 aliphatic heterocycles. The first kappa shape index (κ1) is 14.3. The van der Waals surface area contributed by atoms with E-state index in [2.05, 4.69) is 17.2 Å². The van der Waals surface area contributed by atoms with E-state index in [0.717, 1.165) is 37.4 Å². The Hall–Kier alpha value is -1.10. The number of hydrogen-bond acceptors (Lipinski definition) is 3. The molecule has 0 bridgehead atoms. The smallest absolute Gasteiger partial charge is 0.317 e. The van der Waals surface area contributed by atoms with Crippen molar-refractivity contribution in [3.63, 3.8) is 0 Å². The summed E-state index contributed by atoms with van der Waals surface area (Å²) < 4.78 is 0. The number of aromatic nitrogens is 1. The van der Waals surface area contributed by atoms with Gasteiger partial charge in [-0.2, -0.15) is 0 Å². The number of likely N-dealkylation sites (tertiary alicyclic amines) is 1. The van der Waals surface area contributed by atoms with E-state index in [1.807, 2.05) is 18.0 Å². The number of amides is 2. The molecule has 4 nitrogen and oxygen atoms in total. The van der Waals surface area contributed by atoms with E-state index in [4.69, 9.17) is 0 Å². The minimum absolute atomic E-state index is 0.000975. The molecule has 0 spiro atoms. The maximum atomic E-state index is 12.2. The van der Waals surface area contributed by atoms with Crippen molar-refractivity contribution in [1.82, 2.24) is 15.2 Å². The number of thiazole rings is 1. The highest BCUT2D eigenvalue weighted by Gasteiger charge is 2.19. The van der Waals surface area contributed by atoms with Crippen molar-refractivity contribution in [1.29, 1.82) is 0 Å². The molecule has 2 amide bonds. The highest BCUT2D eigenvalue weighted by molar-refractivity contribution is 7.11. The maximum absolute atomic E-state index is 12.2. The summed E-state index contributed by atoms with van der Waals surface area (Å²) in [6.45, 7) is 5.90. The van der Waals surface area contributed by atoms with Crippen molar-refractivity contribution in [3.05, 3.63) is 16.1 Å². The van der Waals surface area contributed by atoms with Gasteiger partial charge in [0.1, 0.15) is 5.01 Å². The third-order valence-corrected chi connectivity index (χ3v) is 4.85. The van der Waals surface area contributed by atoms with Gasteiger partial charge >= 0.3 is 6.03 Å². The van der Waals surface area contributed by atoms with Crippen LogP contribution in [-0.2, 0) is 6.42 Å². The predicted molar refractivity (Wildman–Crippen MR) is 78.5 cm³/mol. The molecule has 0 aromatic carbocycles. The largest absolute Gasteiger partial charge is 0.329 e. The molecule has 0 radical (unpaired) electrons. The monoisotopic (exact) mass is 281 g/mol. The van der Waals surface area contributed by atoms with Gasteiger partial charge in [0, 0.05) is 24.2 Å². The SMILES string of the molecule is CCc1cnc(C(C)NC(=O)N2CCCCCC2)s1. The first-order valence-corrected chi connectivity index (χ1v) is 8.02. The van der Waals surface area contributed by atoms with Crippen LogP contribution in [0.3, 0.4) is 0 Å². The molecule has 1 aromatic heterocycles. The van der Waals surface area contributed by atoms with Crippen LogP contribution < -0.4 is 5.32 Å². The number of nitrogens with zero attached hydrogens (tertiary/aromatic N) is 2. The zero-order valence-corrected chi connectivity index (χ0v) is 12.6. The predicted octanol–water partition coefficient (Wildman–Crippen LogP) is 3.35. The van der Waals surface area contributed by atoms with Gasteiger partial charge in [-0.1, -0.05) is 19.8 Å². The number of aryl methyl sites for hydroxylation is 1. The number of rotatable bonds is 3. The topological polar surface area (TPSA) is 45.2 Å². The standard InChI is InChI=1S/C14H23N3OS/c1-3-12-10-15-13(19-12)11(2)16-14(18)17-8-6-4-5-7-9-17/h10-11H,3-9H2,1-2H3,(H,16,18). The summed E-state index contributed by atoms with van der Waals surface area (Å²) in [6.07, 6.45) is 7.65. The lowest BCUT2D eigenvalue weighted by molar-refractivity contribution is 0.196. The van der Waals surface area contributed by atoms with Crippen LogP contribution in [0.5, 0.6) is 0 Å². The second-order valence-corrected chi connectivity index (χ2v) is 6.24. The van der Waals surface area contributed by atoms with Gasteiger partial charge in [0.15, 0.2) is 0 Å². The quantitative estimate of drug-likeness (QED) is 0.923. The molecule has 0 aliphatic carbocycles. The highest BCUT2D eigenvalue weighted by Crippen LogP contribution is 2.20. The number of carbonyl (C=O) groups is 1. The molecule has 1 fully saturated rings.